The van der Waals surface area contributed by atoms with Crippen LogP contribution >= 0.6 is 15.9 Å². The monoisotopic (exact) mass is 261 g/mol. The first-order valence-corrected chi connectivity index (χ1v) is 4.81. The topological polar surface area (TPSA) is 38.3 Å². The van der Waals surface area contributed by atoms with Crippen molar-refractivity contribution in [3.8, 4) is 0 Å². The van der Waals surface area contributed by atoms with Crippen molar-refractivity contribution < 1.29 is 14.0 Å². The van der Waals surface area contributed by atoms with Gasteiger partial charge in [-0.3, -0.25) is 9.63 Å². The van der Waals surface area contributed by atoms with E-state index < -0.39 is 11.7 Å². The molecule has 0 aliphatic heterocycles. The van der Waals surface area contributed by atoms with Gasteiger partial charge in [-0.25, -0.2) is 9.87 Å². The number of rotatable bonds is 3. The summed E-state index contributed by atoms with van der Waals surface area (Å²) < 4.78 is 13.8. The molecule has 0 heterocycles. The van der Waals surface area contributed by atoms with Crippen LogP contribution in [0.5, 0.6) is 0 Å². The van der Waals surface area contributed by atoms with E-state index in [0.717, 1.165) is 0 Å². The Morgan fingerprint density at radius 3 is 2.93 bits per heavy atom. The second kappa shape index (κ2) is 5.07. The van der Waals surface area contributed by atoms with Crippen LogP contribution in [-0.2, 0) is 4.84 Å². The second-order valence-electron chi connectivity index (χ2n) is 2.49. The van der Waals surface area contributed by atoms with E-state index in [1.807, 2.05) is 0 Å². The van der Waals surface area contributed by atoms with Crippen LogP contribution in [0.15, 0.2) is 22.7 Å². The van der Waals surface area contributed by atoms with Gasteiger partial charge in [-0.2, -0.15) is 0 Å². The van der Waals surface area contributed by atoms with Gasteiger partial charge in [-0.1, -0.05) is 15.9 Å². The maximum absolute atomic E-state index is 13.2. The number of hydroxylamine groups is 1. The quantitative estimate of drug-likeness (QED) is 0.848. The molecule has 0 unspecified atom stereocenters. The number of nitrogens with one attached hydrogen (secondary N) is 1. The lowest BCUT2D eigenvalue weighted by Crippen LogP contribution is -2.24. The van der Waals surface area contributed by atoms with Crippen molar-refractivity contribution in [2.45, 2.75) is 6.92 Å². The highest BCUT2D eigenvalue weighted by Gasteiger charge is 2.11. The first-order chi connectivity index (χ1) is 6.65. The summed E-state index contributed by atoms with van der Waals surface area (Å²) in [6.45, 7) is 2.06. The van der Waals surface area contributed by atoms with Crippen molar-refractivity contribution in [3.05, 3.63) is 34.1 Å². The molecule has 0 saturated carbocycles. The zero-order valence-corrected chi connectivity index (χ0v) is 9.10. The number of carbonyl (C=O) groups is 1. The molecule has 0 saturated heterocycles. The van der Waals surface area contributed by atoms with Gasteiger partial charge < -0.3 is 0 Å². The molecule has 1 rings (SSSR count). The van der Waals surface area contributed by atoms with Gasteiger partial charge in [-0.15, -0.1) is 0 Å². The molecule has 76 valence electrons. The molecule has 14 heavy (non-hydrogen) atoms. The average molecular weight is 262 g/mol. The molecule has 1 amide bonds. The molecule has 0 aliphatic rings. The van der Waals surface area contributed by atoms with E-state index in [9.17, 15) is 9.18 Å². The maximum atomic E-state index is 13.2. The molecule has 1 aromatic carbocycles. The van der Waals surface area contributed by atoms with Crippen molar-refractivity contribution >= 4 is 21.8 Å². The number of halogens is 2. The smallest absolute Gasteiger partial charge is 0.274 e. The van der Waals surface area contributed by atoms with E-state index >= 15 is 0 Å². The Kier molecular flexibility index (Phi) is 4.03. The van der Waals surface area contributed by atoms with E-state index in [1.54, 1.807) is 13.0 Å². The summed E-state index contributed by atoms with van der Waals surface area (Å²) in [6, 6.07) is 4.19. The Bertz CT molecular complexity index is 344. The first-order valence-electron chi connectivity index (χ1n) is 4.02. The molecule has 1 aromatic rings. The summed E-state index contributed by atoms with van der Waals surface area (Å²) in [5.41, 5.74) is 2.07. The summed E-state index contributed by atoms with van der Waals surface area (Å²) in [5, 5.41) is 0. The average Bonchev–Trinajstić information content (AvgIpc) is 2.14. The van der Waals surface area contributed by atoms with E-state index in [2.05, 4.69) is 26.2 Å². The Labute approximate surface area is 89.3 Å². The summed E-state index contributed by atoms with van der Waals surface area (Å²) in [5.74, 6) is -1.17. The van der Waals surface area contributed by atoms with E-state index in [1.165, 1.54) is 12.1 Å². The van der Waals surface area contributed by atoms with Gasteiger partial charge in [0.1, 0.15) is 5.82 Å². The highest BCUT2D eigenvalue weighted by molar-refractivity contribution is 9.10. The standard InChI is InChI=1S/C9H9BrFNO2/c1-2-14-12-9(13)7-4-3-6(10)5-8(7)11/h3-5H,2H2,1H3,(H,12,13). The molecule has 0 radical (unpaired) electrons. The van der Waals surface area contributed by atoms with Crippen molar-refractivity contribution in [3.63, 3.8) is 0 Å². The molecule has 0 bridgehead atoms. The lowest BCUT2D eigenvalue weighted by molar-refractivity contribution is 0.0361. The highest BCUT2D eigenvalue weighted by atomic mass is 79.9. The summed E-state index contributed by atoms with van der Waals surface area (Å²) >= 11 is 3.10. The predicted octanol–water partition coefficient (Wildman–Crippen LogP) is 2.27. The SMILES string of the molecule is CCONC(=O)c1ccc(Br)cc1F. The van der Waals surface area contributed by atoms with E-state index in [4.69, 9.17) is 0 Å². The van der Waals surface area contributed by atoms with Crippen LogP contribution in [0, 0.1) is 5.82 Å². The number of hydrogen-bond acceptors (Lipinski definition) is 2. The lowest BCUT2D eigenvalue weighted by Gasteiger charge is -2.04. The summed E-state index contributed by atoms with van der Waals surface area (Å²) in [6.07, 6.45) is 0. The van der Waals surface area contributed by atoms with E-state index in [-0.39, 0.29) is 5.56 Å². The van der Waals surface area contributed by atoms with E-state index in [0.29, 0.717) is 11.1 Å². The van der Waals surface area contributed by atoms with Crippen LogP contribution < -0.4 is 5.48 Å². The Morgan fingerprint density at radius 2 is 2.36 bits per heavy atom. The molecule has 0 atom stereocenters. The zero-order valence-electron chi connectivity index (χ0n) is 7.51. The van der Waals surface area contributed by atoms with Gasteiger partial charge in [0, 0.05) is 4.47 Å². The van der Waals surface area contributed by atoms with Gasteiger partial charge in [0.2, 0.25) is 0 Å². The fraction of sp³-hybridized carbons (Fsp3) is 0.222. The molecule has 1 N–H and O–H groups in total. The number of carbonyl (C=O) groups excluding carboxylic acids is 1. The van der Waals surface area contributed by atoms with Crippen molar-refractivity contribution in [2.24, 2.45) is 0 Å². The van der Waals surface area contributed by atoms with Gasteiger partial charge in [0.15, 0.2) is 0 Å². The maximum Gasteiger partial charge on any atom is 0.277 e. The zero-order chi connectivity index (χ0) is 10.6. The Balaban J connectivity index is 2.80. The normalized spacial score (nSPS) is 9.93. The van der Waals surface area contributed by atoms with Gasteiger partial charge in [0.25, 0.3) is 5.91 Å². The van der Waals surface area contributed by atoms with Crippen LogP contribution in [0.2, 0.25) is 0 Å². The molecule has 5 heteroatoms. The fourth-order valence-electron chi connectivity index (χ4n) is 0.866. The summed E-state index contributed by atoms with van der Waals surface area (Å²) in [7, 11) is 0. The molecular formula is C9H9BrFNO2. The fourth-order valence-corrected chi connectivity index (χ4v) is 1.20. The van der Waals surface area contributed by atoms with Crippen LogP contribution in [0.3, 0.4) is 0 Å². The second-order valence-corrected chi connectivity index (χ2v) is 3.40. The van der Waals surface area contributed by atoms with Crippen molar-refractivity contribution in [1.29, 1.82) is 0 Å². The molecular weight excluding hydrogens is 253 g/mol. The predicted molar refractivity (Wildman–Crippen MR) is 53.2 cm³/mol. The Hall–Kier alpha value is -0.940. The van der Waals surface area contributed by atoms with Crippen LogP contribution in [0.4, 0.5) is 4.39 Å². The largest absolute Gasteiger partial charge is 0.277 e. The van der Waals surface area contributed by atoms with Crippen molar-refractivity contribution in [2.75, 3.05) is 6.61 Å². The molecule has 0 aromatic heterocycles. The summed E-state index contributed by atoms with van der Waals surface area (Å²) in [4.78, 5) is 15.9. The number of amides is 1. The van der Waals surface area contributed by atoms with Gasteiger partial charge >= 0.3 is 0 Å². The van der Waals surface area contributed by atoms with Crippen LogP contribution in [-0.4, -0.2) is 12.5 Å². The van der Waals surface area contributed by atoms with Crippen LogP contribution in [0.1, 0.15) is 17.3 Å². The lowest BCUT2D eigenvalue weighted by atomic mass is 10.2. The third kappa shape index (κ3) is 2.78. The number of benzene rings is 1. The first kappa shape index (κ1) is 11.1. The third-order valence-corrected chi connectivity index (χ3v) is 1.98. The van der Waals surface area contributed by atoms with Gasteiger partial charge in [0.05, 0.1) is 12.2 Å². The highest BCUT2D eigenvalue weighted by Crippen LogP contribution is 2.14. The third-order valence-electron chi connectivity index (χ3n) is 1.48. The molecule has 0 spiro atoms. The van der Waals surface area contributed by atoms with Crippen LogP contribution in [0.25, 0.3) is 0 Å². The minimum atomic E-state index is -0.587. The Morgan fingerprint density at radius 1 is 1.64 bits per heavy atom. The number of hydrogen-bond donors (Lipinski definition) is 1. The van der Waals surface area contributed by atoms with Gasteiger partial charge in [-0.05, 0) is 25.1 Å². The van der Waals surface area contributed by atoms with Crippen molar-refractivity contribution in [1.82, 2.24) is 5.48 Å². The minimum absolute atomic E-state index is 0.0401. The minimum Gasteiger partial charge on any atom is -0.274 e. The molecule has 3 nitrogen and oxygen atoms in total. The molecule has 0 aliphatic carbocycles. The molecule has 0 fully saturated rings.